The summed E-state index contributed by atoms with van der Waals surface area (Å²) in [6.45, 7) is 0. The van der Waals surface area contributed by atoms with E-state index in [0.29, 0.717) is 11.4 Å². The van der Waals surface area contributed by atoms with Gasteiger partial charge < -0.3 is 5.32 Å². The number of anilines is 2. The summed E-state index contributed by atoms with van der Waals surface area (Å²) in [6.07, 6.45) is 3.30. The lowest BCUT2D eigenvalue weighted by atomic mass is 10.2. The fraction of sp³-hybridized carbons (Fsp3) is 0.231. The molecule has 1 aromatic carbocycles. The Kier molecular flexibility index (Phi) is 2.66. The smallest absolute Gasteiger partial charge is 0.187 e. The van der Waals surface area contributed by atoms with Crippen molar-refractivity contribution in [2.24, 2.45) is 0 Å². The number of halogens is 2. The molecule has 92 valence electrons. The highest BCUT2D eigenvalue weighted by atomic mass is 19.1. The highest BCUT2D eigenvalue weighted by Gasteiger charge is 2.29. The molecule has 1 aliphatic carbocycles. The molecule has 0 atom stereocenters. The van der Waals surface area contributed by atoms with Crippen LogP contribution in [0.3, 0.4) is 0 Å². The van der Waals surface area contributed by atoms with Crippen LogP contribution >= 0.6 is 0 Å². The first-order valence-corrected chi connectivity index (χ1v) is 5.77. The van der Waals surface area contributed by atoms with Crippen molar-refractivity contribution in [1.82, 2.24) is 9.97 Å². The first-order valence-electron chi connectivity index (χ1n) is 5.77. The van der Waals surface area contributed by atoms with Crippen LogP contribution in [0.5, 0.6) is 0 Å². The fourth-order valence-corrected chi connectivity index (χ4v) is 1.78. The Morgan fingerprint density at radius 3 is 2.44 bits per heavy atom. The number of hydrogen-bond acceptors (Lipinski definition) is 3. The zero-order valence-corrected chi connectivity index (χ0v) is 9.53. The first kappa shape index (κ1) is 11.1. The summed E-state index contributed by atoms with van der Waals surface area (Å²) >= 11 is 0. The second-order valence-corrected chi connectivity index (χ2v) is 4.33. The van der Waals surface area contributed by atoms with Crippen LogP contribution in [0.1, 0.15) is 24.5 Å². The first-order chi connectivity index (χ1) is 8.74. The van der Waals surface area contributed by atoms with Crippen LogP contribution in [0.15, 0.2) is 30.6 Å². The second-order valence-electron chi connectivity index (χ2n) is 4.33. The van der Waals surface area contributed by atoms with Gasteiger partial charge in [-0.15, -0.1) is 0 Å². The molecule has 1 fully saturated rings. The van der Waals surface area contributed by atoms with E-state index in [9.17, 15) is 8.78 Å². The summed E-state index contributed by atoms with van der Waals surface area (Å²) in [4.78, 5) is 7.85. The molecule has 1 heterocycles. The minimum atomic E-state index is -0.413. The Morgan fingerprint density at radius 1 is 1.06 bits per heavy atom. The molecule has 18 heavy (non-hydrogen) atoms. The summed E-state index contributed by atoms with van der Waals surface area (Å²) in [5, 5.41) is 2.83. The van der Waals surface area contributed by atoms with Crippen molar-refractivity contribution < 1.29 is 8.78 Å². The van der Waals surface area contributed by atoms with Crippen molar-refractivity contribution in [3.63, 3.8) is 0 Å². The van der Waals surface area contributed by atoms with Gasteiger partial charge in [0.05, 0.1) is 5.69 Å². The quantitative estimate of drug-likeness (QED) is 0.903. The van der Waals surface area contributed by atoms with E-state index >= 15 is 0 Å². The van der Waals surface area contributed by atoms with Crippen LogP contribution in [0.4, 0.5) is 20.3 Å². The molecule has 0 aliphatic heterocycles. The van der Waals surface area contributed by atoms with Gasteiger partial charge in [0.25, 0.3) is 0 Å². The van der Waals surface area contributed by atoms with E-state index in [-0.39, 0.29) is 17.6 Å². The van der Waals surface area contributed by atoms with Crippen molar-refractivity contribution in [3.8, 4) is 0 Å². The molecule has 0 spiro atoms. The van der Waals surface area contributed by atoms with Gasteiger partial charge in [-0.3, -0.25) is 0 Å². The van der Waals surface area contributed by atoms with Gasteiger partial charge >= 0.3 is 0 Å². The highest BCUT2D eigenvalue weighted by Crippen LogP contribution is 2.41. The molecule has 0 unspecified atom stereocenters. The molecule has 0 radical (unpaired) electrons. The van der Waals surface area contributed by atoms with Crippen LogP contribution in [0.2, 0.25) is 0 Å². The third-order valence-corrected chi connectivity index (χ3v) is 2.89. The lowest BCUT2D eigenvalue weighted by Gasteiger charge is -2.08. The molecule has 0 bridgehead atoms. The number of aromatic nitrogens is 2. The van der Waals surface area contributed by atoms with Gasteiger partial charge in [-0.05, 0) is 37.1 Å². The number of benzene rings is 1. The van der Waals surface area contributed by atoms with Gasteiger partial charge in [0.2, 0.25) is 0 Å². The molecule has 0 amide bonds. The zero-order chi connectivity index (χ0) is 12.5. The second kappa shape index (κ2) is 4.33. The summed E-state index contributed by atoms with van der Waals surface area (Å²) < 4.78 is 26.8. The number of nitrogens with one attached hydrogen (secondary N) is 1. The van der Waals surface area contributed by atoms with E-state index in [2.05, 4.69) is 15.3 Å². The number of nitrogens with zero attached hydrogens (tertiary/aromatic N) is 2. The lowest BCUT2D eigenvalue weighted by Crippen LogP contribution is -2.02. The molecule has 1 aliphatic rings. The van der Waals surface area contributed by atoms with Crippen molar-refractivity contribution in [2.45, 2.75) is 18.8 Å². The largest absolute Gasteiger partial charge is 0.338 e. The van der Waals surface area contributed by atoms with Crippen molar-refractivity contribution in [2.75, 3.05) is 5.32 Å². The van der Waals surface area contributed by atoms with Crippen LogP contribution in [-0.4, -0.2) is 9.97 Å². The Balaban J connectivity index is 1.88. The van der Waals surface area contributed by atoms with Crippen molar-refractivity contribution in [3.05, 3.63) is 47.9 Å². The summed E-state index contributed by atoms with van der Waals surface area (Å²) in [5.41, 5.74) is 1.06. The Labute approximate surface area is 103 Å². The molecule has 5 heteroatoms. The monoisotopic (exact) mass is 247 g/mol. The Hall–Kier alpha value is -2.04. The van der Waals surface area contributed by atoms with E-state index in [1.165, 1.54) is 30.6 Å². The fourth-order valence-electron chi connectivity index (χ4n) is 1.78. The van der Waals surface area contributed by atoms with Crippen LogP contribution in [-0.2, 0) is 0 Å². The maximum absolute atomic E-state index is 14.1. The van der Waals surface area contributed by atoms with Gasteiger partial charge in [-0.25, -0.2) is 18.7 Å². The molecular weight excluding hydrogens is 236 g/mol. The van der Waals surface area contributed by atoms with E-state index in [1.807, 2.05) is 0 Å². The molecule has 1 N–H and O–H groups in total. The van der Waals surface area contributed by atoms with Crippen LogP contribution < -0.4 is 5.32 Å². The molecular formula is C13H11F2N3. The average Bonchev–Trinajstić information content (AvgIpc) is 3.19. The van der Waals surface area contributed by atoms with Gasteiger partial charge in [0.1, 0.15) is 12.1 Å². The molecule has 1 saturated carbocycles. The summed E-state index contributed by atoms with van der Waals surface area (Å²) in [7, 11) is 0. The third kappa shape index (κ3) is 2.16. The third-order valence-electron chi connectivity index (χ3n) is 2.89. The van der Waals surface area contributed by atoms with Crippen molar-refractivity contribution >= 4 is 11.5 Å². The molecule has 3 nitrogen and oxygen atoms in total. The van der Waals surface area contributed by atoms with Gasteiger partial charge in [0, 0.05) is 11.6 Å². The Bertz CT molecular complexity index is 565. The van der Waals surface area contributed by atoms with Gasteiger partial charge in [-0.1, -0.05) is 0 Å². The standard InChI is InChI=1S/C13H11F2N3/c14-9-3-5-10(6-4-9)18-13-11(15)12(8-1-2-8)16-7-17-13/h3-8H,1-2H2,(H,16,17,18). The molecule has 2 aromatic rings. The number of rotatable bonds is 3. The maximum Gasteiger partial charge on any atom is 0.187 e. The van der Waals surface area contributed by atoms with E-state index in [4.69, 9.17) is 0 Å². The van der Waals surface area contributed by atoms with E-state index in [1.54, 1.807) is 0 Å². The normalized spacial score (nSPS) is 14.6. The SMILES string of the molecule is Fc1ccc(Nc2ncnc(C3CC3)c2F)cc1. The van der Waals surface area contributed by atoms with Crippen LogP contribution in [0, 0.1) is 11.6 Å². The Morgan fingerprint density at radius 2 is 1.78 bits per heavy atom. The average molecular weight is 247 g/mol. The maximum atomic E-state index is 14.1. The predicted octanol–water partition coefficient (Wildman–Crippen LogP) is 3.38. The minimum absolute atomic E-state index is 0.138. The van der Waals surface area contributed by atoms with Gasteiger partial charge in [-0.2, -0.15) is 0 Å². The van der Waals surface area contributed by atoms with Gasteiger partial charge in [0.15, 0.2) is 11.6 Å². The topological polar surface area (TPSA) is 37.8 Å². The predicted molar refractivity (Wildman–Crippen MR) is 63.6 cm³/mol. The summed E-state index contributed by atoms with van der Waals surface area (Å²) in [6, 6.07) is 5.69. The lowest BCUT2D eigenvalue weighted by molar-refractivity contribution is 0.597. The molecule has 1 aromatic heterocycles. The molecule has 3 rings (SSSR count). The minimum Gasteiger partial charge on any atom is -0.338 e. The molecule has 0 saturated heterocycles. The number of hydrogen-bond donors (Lipinski definition) is 1. The van der Waals surface area contributed by atoms with Crippen LogP contribution in [0.25, 0.3) is 0 Å². The zero-order valence-electron chi connectivity index (χ0n) is 9.53. The summed E-state index contributed by atoms with van der Waals surface area (Å²) in [5.74, 6) is -0.382. The van der Waals surface area contributed by atoms with E-state index in [0.717, 1.165) is 12.8 Å². The van der Waals surface area contributed by atoms with E-state index < -0.39 is 5.82 Å². The van der Waals surface area contributed by atoms with Crippen molar-refractivity contribution in [1.29, 1.82) is 0 Å². The highest BCUT2D eigenvalue weighted by molar-refractivity contribution is 5.56.